The standard InChI is InChI=1S/C19H28N2O4S/c1-25-17-6-4-16(5-7-17)18(21-9-2-3-10-21)13-20-19(22)12-15-8-11-26(23,24)14-15/h4-7,15,18H,2-3,8-14H2,1H3,(H,20,22). The van der Waals surface area contributed by atoms with Gasteiger partial charge in [-0.3, -0.25) is 9.69 Å². The highest BCUT2D eigenvalue weighted by Crippen LogP contribution is 2.26. The second-order valence-electron chi connectivity index (χ2n) is 7.31. The van der Waals surface area contributed by atoms with Crippen LogP contribution in [0.25, 0.3) is 0 Å². The van der Waals surface area contributed by atoms with Gasteiger partial charge >= 0.3 is 0 Å². The number of nitrogens with zero attached hydrogens (tertiary/aromatic N) is 1. The Balaban J connectivity index is 1.59. The lowest BCUT2D eigenvalue weighted by Crippen LogP contribution is -2.37. The predicted molar refractivity (Wildman–Crippen MR) is 101 cm³/mol. The van der Waals surface area contributed by atoms with E-state index in [0.29, 0.717) is 19.4 Å². The van der Waals surface area contributed by atoms with E-state index in [1.54, 1.807) is 7.11 Å². The molecule has 0 spiro atoms. The molecule has 7 heteroatoms. The summed E-state index contributed by atoms with van der Waals surface area (Å²) >= 11 is 0. The van der Waals surface area contributed by atoms with Gasteiger partial charge in [0.2, 0.25) is 5.91 Å². The molecule has 2 heterocycles. The lowest BCUT2D eigenvalue weighted by atomic mass is 10.0. The van der Waals surface area contributed by atoms with Crippen LogP contribution in [0.3, 0.4) is 0 Å². The maximum Gasteiger partial charge on any atom is 0.220 e. The maximum absolute atomic E-state index is 12.3. The van der Waals surface area contributed by atoms with Gasteiger partial charge in [0.15, 0.2) is 9.84 Å². The predicted octanol–water partition coefficient (Wildman–Crippen LogP) is 1.77. The Morgan fingerprint density at radius 2 is 1.96 bits per heavy atom. The number of methoxy groups -OCH3 is 1. The fourth-order valence-corrected chi connectivity index (χ4v) is 5.78. The number of benzene rings is 1. The zero-order chi connectivity index (χ0) is 18.6. The van der Waals surface area contributed by atoms with Crippen molar-refractivity contribution >= 4 is 15.7 Å². The summed E-state index contributed by atoms with van der Waals surface area (Å²) in [6, 6.07) is 8.14. The van der Waals surface area contributed by atoms with Gasteiger partial charge in [-0.2, -0.15) is 0 Å². The number of hydrogen-bond donors (Lipinski definition) is 1. The summed E-state index contributed by atoms with van der Waals surface area (Å²) in [6.45, 7) is 2.62. The minimum atomic E-state index is -2.94. The second-order valence-corrected chi connectivity index (χ2v) is 9.54. The SMILES string of the molecule is COc1ccc(C(CNC(=O)CC2CCS(=O)(=O)C2)N2CCCC2)cc1. The van der Waals surface area contributed by atoms with Gasteiger partial charge in [0.25, 0.3) is 0 Å². The van der Waals surface area contributed by atoms with Crippen LogP contribution in [0, 0.1) is 5.92 Å². The normalized spacial score (nSPS) is 23.7. The smallest absolute Gasteiger partial charge is 0.220 e. The Bertz CT molecular complexity index is 712. The van der Waals surface area contributed by atoms with Gasteiger partial charge in [-0.15, -0.1) is 0 Å². The zero-order valence-electron chi connectivity index (χ0n) is 15.3. The van der Waals surface area contributed by atoms with Crippen LogP contribution in [-0.2, 0) is 14.6 Å². The molecule has 3 rings (SSSR count). The molecule has 1 aromatic rings. The first-order valence-corrected chi connectivity index (χ1v) is 11.1. The van der Waals surface area contributed by atoms with Crippen LogP contribution in [0.1, 0.15) is 37.3 Å². The third kappa shape index (κ3) is 4.98. The van der Waals surface area contributed by atoms with Crippen LogP contribution < -0.4 is 10.1 Å². The van der Waals surface area contributed by atoms with Crippen LogP contribution in [0.4, 0.5) is 0 Å². The van der Waals surface area contributed by atoms with E-state index in [2.05, 4.69) is 22.3 Å². The van der Waals surface area contributed by atoms with E-state index < -0.39 is 9.84 Å². The van der Waals surface area contributed by atoms with Crippen LogP contribution in [0.5, 0.6) is 5.75 Å². The van der Waals surface area contributed by atoms with Crippen molar-refractivity contribution in [3.8, 4) is 5.75 Å². The summed E-state index contributed by atoms with van der Waals surface area (Å²) in [4.78, 5) is 14.7. The lowest BCUT2D eigenvalue weighted by molar-refractivity contribution is -0.122. The van der Waals surface area contributed by atoms with Crippen molar-refractivity contribution in [1.82, 2.24) is 10.2 Å². The van der Waals surface area contributed by atoms with E-state index in [1.165, 1.54) is 12.8 Å². The molecule has 2 unspecified atom stereocenters. The number of hydrogen-bond acceptors (Lipinski definition) is 5. The quantitative estimate of drug-likeness (QED) is 0.780. The van der Waals surface area contributed by atoms with E-state index in [9.17, 15) is 13.2 Å². The lowest BCUT2D eigenvalue weighted by Gasteiger charge is -2.28. The number of carbonyl (C=O) groups excluding carboxylic acids is 1. The Morgan fingerprint density at radius 3 is 2.54 bits per heavy atom. The minimum Gasteiger partial charge on any atom is -0.497 e. The molecule has 1 N–H and O–H groups in total. The molecule has 1 amide bonds. The molecular formula is C19H28N2O4S. The molecule has 26 heavy (non-hydrogen) atoms. The van der Waals surface area contributed by atoms with Crippen molar-refractivity contribution in [2.45, 2.75) is 31.7 Å². The van der Waals surface area contributed by atoms with E-state index in [1.807, 2.05) is 12.1 Å². The monoisotopic (exact) mass is 380 g/mol. The topological polar surface area (TPSA) is 75.7 Å². The van der Waals surface area contributed by atoms with Gasteiger partial charge in [-0.25, -0.2) is 8.42 Å². The van der Waals surface area contributed by atoms with Gasteiger partial charge in [-0.05, 0) is 56.0 Å². The number of rotatable bonds is 7. The summed E-state index contributed by atoms with van der Waals surface area (Å²) in [7, 11) is -1.29. The maximum atomic E-state index is 12.3. The first-order chi connectivity index (χ1) is 12.5. The molecular weight excluding hydrogens is 352 g/mol. The zero-order valence-corrected chi connectivity index (χ0v) is 16.1. The Kier molecular flexibility index (Phi) is 6.19. The van der Waals surface area contributed by atoms with E-state index >= 15 is 0 Å². The van der Waals surface area contributed by atoms with E-state index in [-0.39, 0.29) is 29.4 Å². The minimum absolute atomic E-state index is 0.0359. The highest BCUT2D eigenvalue weighted by Gasteiger charge is 2.30. The molecule has 2 saturated heterocycles. The van der Waals surface area contributed by atoms with Gasteiger partial charge < -0.3 is 10.1 Å². The highest BCUT2D eigenvalue weighted by molar-refractivity contribution is 7.91. The number of nitrogens with one attached hydrogen (secondary N) is 1. The third-order valence-corrected chi connectivity index (χ3v) is 7.21. The molecule has 2 aliphatic heterocycles. The highest BCUT2D eigenvalue weighted by atomic mass is 32.2. The molecule has 0 aliphatic carbocycles. The first kappa shape index (κ1) is 19.2. The Morgan fingerprint density at radius 1 is 1.27 bits per heavy atom. The molecule has 1 aromatic carbocycles. The van der Waals surface area contributed by atoms with Crippen molar-refractivity contribution in [3.05, 3.63) is 29.8 Å². The summed E-state index contributed by atoms with van der Waals surface area (Å²) in [5.74, 6) is 1.10. The summed E-state index contributed by atoms with van der Waals surface area (Å²) in [5.41, 5.74) is 1.16. The average molecular weight is 381 g/mol. The van der Waals surface area contributed by atoms with Gasteiger partial charge in [-0.1, -0.05) is 12.1 Å². The molecule has 144 valence electrons. The summed E-state index contributed by atoms with van der Waals surface area (Å²) in [5, 5.41) is 3.03. The van der Waals surface area contributed by atoms with Crippen molar-refractivity contribution < 1.29 is 17.9 Å². The first-order valence-electron chi connectivity index (χ1n) is 9.32. The van der Waals surface area contributed by atoms with E-state index in [4.69, 9.17) is 4.74 Å². The third-order valence-electron chi connectivity index (χ3n) is 5.38. The van der Waals surface area contributed by atoms with Gasteiger partial charge in [0.05, 0.1) is 24.7 Å². The van der Waals surface area contributed by atoms with Crippen LogP contribution in [0.2, 0.25) is 0 Å². The summed E-state index contributed by atoms with van der Waals surface area (Å²) in [6.07, 6.45) is 3.26. The van der Waals surface area contributed by atoms with Gasteiger partial charge in [0.1, 0.15) is 5.75 Å². The molecule has 6 nitrogen and oxygen atoms in total. The second kappa shape index (κ2) is 8.39. The van der Waals surface area contributed by atoms with Crippen LogP contribution in [-0.4, -0.2) is 57.5 Å². The molecule has 0 saturated carbocycles. The average Bonchev–Trinajstić information content (AvgIpc) is 3.25. The number of ether oxygens (including phenoxy) is 1. The van der Waals surface area contributed by atoms with E-state index in [0.717, 1.165) is 24.4 Å². The van der Waals surface area contributed by atoms with Crippen LogP contribution in [0.15, 0.2) is 24.3 Å². The van der Waals surface area contributed by atoms with Crippen LogP contribution >= 0.6 is 0 Å². The molecule has 2 fully saturated rings. The molecule has 2 atom stereocenters. The Hall–Kier alpha value is -1.60. The number of carbonyl (C=O) groups is 1. The number of sulfone groups is 1. The Labute approximate surface area is 155 Å². The number of likely N-dealkylation sites (tertiary alicyclic amines) is 1. The summed E-state index contributed by atoms with van der Waals surface area (Å²) < 4.78 is 28.3. The fraction of sp³-hybridized carbons (Fsp3) is 0.632. The molecule has 0 radical (unpaired) electrons. The molecule has 2 aliphatic rings. The number of amides is 1. The van der Waals surface area contributed by atoms with Crippen molar-refractivity contribution in [2.24, 2.45) is 5.92 Å². The molecule has 0 bridgehead atoms. The largest absolute Gasteiger partial charge is 0.497 e. The van der Waals surface area contributed by atoms with Crippen molar-refractivity contribution in [3.63, 3.8) is 0 Å². The fourth-order valence-electron chi connectivity index (χ4n) is 3.91. The van der Waals surface area contributed by atoms with Crippen molar-refractivity contribution in [1.29, 1.82) is 0 Å². The van der Waals surface area contributed by atoms with Gasteiger partial charge in [0, 0.05) is 13.0 Å². The molecule has 0 aromatic heterocycles. The van der Waals surface area contributed by atoms with Crippen molar-refractivity contribution in [2.75, 3.05) is 38.2 Å².